The number of furan rings is 1. The number of aryl methyl sites for hydroxylation is 2. The number of nitrogens with zero attached hydrogens (tertiary/aromatic N) is 2. The van der Waals surface area contributed by atoms with E-state index in [0.717, 1.165) is 17.0 Å². The van der Waals surface area contributed by atoms with Gasteiger partial charge >= 0.3 is 5.97 Å². The van der Waals surface area contributed by atoms with Gasteiger partial charge in [-0.05, 0) is 26.0 Å². The quantitative estimate of drug-likeness (QED) is 0.848. The molecule has 0 saturated heterocycles. The van der Waals surface area contributed by atoms with Crippen LogP contribution < -0.4 is 0 Å². The molecule has 100 valence electrons. The second-order valence-electron chi connectivity index (χ2n) is 4.34. The van der Waals surface area contributed by atoms with Gasteiger partial charge in [0.1, 0.15) is 0 Å². The van der Waals surface area contributed by atoms with Crippen LogP contribution in [-0.4, -0.2) is 26.6 Å². The molecule has 2 rings (SSSR count). The van der Waals surface area contributed by atoms with Crippen LogP contribution in [0.25, 0.3) is 0 Å². The van der Waals surface area contributed by atoms with Gasteiger partial charge in [-0.25, -0.2) is 4.79 Å². The average Bonchev–Trinajstić information content (AvgIpc) is 2.91. The van der Waals surface area contributed by atoms with Gasteiger partial charge in [-0.2, -0.15) is 5.10 Å². The van der Waals surface area contributed by atoms with Crippen LogP contribution in [0.5, 0.6) is 0 Å². The van der Waals surface area contributed by atoms with Gasteiger partial charge < -0.3 is 9.52 Å². The summed E-state index contributed by atoms with van der Waals surface area (Å²) in [6.07, 6.45) is 0.151. The predicted molar refractivity (Wildman–Crippen MR) is 66.4 cm³/mol. The molecule has 0 fully saturated rings. The number of aromatic carboxylic acids is 1. The molecule has 1 N–H and O–H groups in total. The molecule has 2 aromatic heterocycles. The van der Waals surface area contributed by atoms with Crippen LogP contribution in [0.1, 0.15) is 38.1 Å². The Bertz CT molecular complexity index is 652. The Balaban J connectivity index is 2.23. The number of aromatic nitrogens is 2. The van der Waals surface area contributed by atoms with Crippen molar-refractivity contribution in [1.29, 1.82) is 0 Å². The van der Waals surface area contributed by atoms with Gasteiger partial charge in [0, 0.05) is 24.7 Å². The number of ketones is 1. The highest BCUT2D eigenvalue weighted by molar-refractivity contribution is 5.96. The highest BCUT2D eigenvalue weighted by atomic mass is 16.4. The summed E-state index contributed by atoms with van der Waals surface area (Å²) in [6, 6.07) is 2.66. The summed E-state index contributed by atoms with van der Waals surface area (Å²) in [6.45, 7) is 3.72. The number of rotatable bonds is 4. The smallest absolute Gasteiger partial charge is 0.371 e. The maximum atomic E-state index is 12.0. The van der Waals surface area contributed by atoms with Crippen LogP contribution >= 0.6 is 0 Å². The number of hydrogen-bond donors (Lipinski definition) is 1. The number of carbonyl (C=O) groups is 2. The summed E-state index contributed by atoms with van der Waals surface area (Å²) >= 11 is 0. The van der Waals surface area contributed by atoms with Crippen molar-refractivity contribution in [2.45, 2.75) is 20.3 Å². The van der Waals surface area contributed by atoms with Crippen LogP contribution in [0.4, 0.5) is 0 Å². The van der Waals surface area contributed by atoms with E-state index in [9.17, 15) is 9.59 Å². The van der Waals surface area contributed by atoms with E-state index in [1.807, 2.05) is 20.9 Å². The van der Waals surface area contributed by atoms with E-state index < -0.39 is 5.97 Å². The van der Waals surface area contributed by atoms with Crippen molar-refractivity contribution in [3.63, 3.8) is 0 Å². The van der Waals surface area contributed by atoms with Gasteiger partial charge in [-0.15, -0.1) is 0 Å². The van der Waals surface area contributed by atoms with Gasteiger partial charge in [-0.3, -0.25) is 9.48 Å². The maximum absolute atomic E-state index is 12.0. The normalized spacial score (nSPS) is 10.7. The van der Waals surface area contributed by atoms with Crippen molar-refractivity contribution >= 4 is 11.8 Å². The minimum atomic E-state index is -1.19. The zero-order valence-electron chi connectivity index (χ0n) is 10.9. The van der Waals surface area contributed by atoms with E-state index >= 15 is 0 Å². The fraction of sp³-hybridized carbons (Fsp3) is 0.308. The van der Waals surface area contributed by atoms with Gasteiger partial charge in [0.05, 0.1) is 5.69 Å². The fourth-order valence-electron chi connectivity index (χ4n) is 1.92. The predicted octanol–water partition coefficient (Wildman–Crippen LogP) is 1.75. The third-order valence-electron chi connectivity index (χ3n) is 3.09. The fourth-order valence-corrected chi connectivity index (χ4v) is 1.92. The summed E-state index contributed by atoms with van der Waals surface area (Å²) in [7, 11) is 1.81. The standard InChI is InChI=1S/C13H14N2O4/c1-7-9(8(2)15(3)14-7)6-10(16)11-4-5-12(19-11)13(17)18/h4-5H,6H2,1-3H3,(H,17,18). The lowest BCUT2D eigenvalue weighted by Crippen LogP contribution is -2.04. The number of carboxylic acid groups (broad SMARTS) is 1. The van der Waals surface area contributed by atoms with Crippen molar-refractivity contribution in [2.75, 3.05) is 0 Å². The summed E-state index contributed by atoms with van der Waals surface area (Å²) < 4.78 is 6.70. The zero-order chi connectivity index (χ0) is 14.2. The molecule has 0 saturated carbocycles. The Morgan fingerprint density at radius 3 is 2.42 bits per heavy atom. The van der Waals surface area contributed by atoms with Gasteiger partial charge in [-0.1, -0.05) is 0 Å². The summed E-state index contributed by atoms with van der Waals surface area (Å²) in [5.41, 5.74) is 2.55. The maximum Gasteiger partial charge on any atom is 0.371 e. The molecule has 2 aromatic rings. The topological polar surface area (TPSA) is 85.3 Å². The molecule has 0 aliphatic carbocycles. The van der Waals surface area contributed by atoms with Gasteiger partial charge in [0.25, 0.3) is 0 Å². The molecule has 0 aromatic carbocycles. The molecule has 0 amide bonds. The largest absolute Gasteiger partial charge is 0.475 e. The van der Waals surface area contributed by atoms with Gasteiger partial charge in [0.2, 0.25) is 11.5 Å². The van der Waals surface area contributed by atoms with Crippen molar-refractivity contribution < 1.29 is 19.1 Å². The number of Topliss-reactive ketones (excluding diaryl/α,β-unsaturated/α-hetero) is 1. The Morgan fingerprint density at radius 2 is 1.95 bits per heavy atom. The van der Waals surface area contributed by atoms with Gasteiger partial charge in [0.15, 0.2) is 5.76 Å². The molecule has 0 spiro atoms. The Morgan fingerprint density at radius 1 is 1.32 bits per heavy atom. The molecular weight excluding hydrogens is 248 g/mol. The second-order valence-corrected chi connectivity index (χ2v) is 4.34. The molecule has 2 heterocycles. The van der Waals surface area contributed by atoms with Crippen molar-refractivity contribution in [3.05, 3.63) is 40.6 Å². The summed E-state index contributed by atoms with van der Waals surface area (Å²) in [5, 5.41) is 13.0. The SMILES string of the molecule is Cc1nn(C)c(C)c1CC(=O)c1ccc(C(=O)O)o1. The molecule has 0 aliphatic rings. The Kier molecular flexibility index (Phi) is 3.25. The molecule has 19 heavy (non-hydrogen) atoms. The van der Waals surface area contributed by atoms with Crippen LogP contribution in [-0.2, 0) is 13.5 Å². The number of carbonyl (C=O) groups excluding carboxylic acids is 1. The molecule has 0 aliphatic heterocycles. The first-order valence-corrected chi connectivity index (χ1v) is 5.75. The van der Waals surface area contributed by atoms with E-state index in [2.05, 4.69) is 5.10 Å². The average molecular weight is 262 g/mol. The lowest BCUT2D eigenvalue weighted by molar-refractivity contribution is 0.0660. The van der Waals surface area contributed by atoms with Crippen LogP contribution in [0.15, 0.2) is 16.5 Å². The van der Waals surface area contributed by atoms with E-state index in [4.69, 9.17) is 9.52 Å². The summed E-state index contributed by atoms with van der Waals surface area (Å²) in [5.74, 6) is -1.62. The highest BCUT2D eigenvalue weighted by Crippen LogP contribution is 2.16. The zero-order valence-corrected chi connectivity index (χ0v) is 10.9. The lowest BCUT2D eigenvalue weighted by Gasteiger charge is -1.99. The second kappa shape index (κ2) is 4.72. The molecular formula is C13H14N2O4. The lowest BCUT2D eigenvalue weighted by atomic mass is 10.1. The van der Waals surface area contributed by atoms with Crippen molar-refractivity contribution in [1.82, 2.24) is 9.78 Å². The first kappa shape index (κ1) is 13.1. The third-order valence-corrected chi connectivity index (χ3v) is 3.09. The van der Waals surface area contributed by atoms with Crippen molar-refractivity contribution in [3.8, 4) is 0 Å². The molecule has 0 unspecified atom stereocenters. The van der Waals surface area contributed by atoms with Crippen LogP contribution in [0.2, 0.25) is 0 Å². The number of hydrogen-bond acceptors (Lipinski definition) is 4. The molecule has 0 bridgehead atoms. The molecule has 6 heteroatoms. The first-order chi connectivity index (χ1) is 8.90. The summed E-state index contributed by atoms with van der Waals surface area (Å²) in [4.78, 5) is 22.7. The van der Waals surface area contributed by atoms with Crippen molar-refractivity contribution in [2.24, 2.45) is 7.05 Å². The molecule has 0 radical (unpaired) electrons. The third kappa shape index (κ3) is 2.42. The minimum Gasteiger partial charge on any atom is -0.475 e. The minimum absolute atomic E-state index is 0.0556. The van der Waals surface area contributed by atoms with E-state index in [1.54, 1.807) is 4.68 Å². The first-order valence-electron chi connectivity index (χ1n) is 5.75. The van der Waals surface area contributed by atoms with E-state index in [0.29, 0.717) is 0 Å². The highest BCUT2D eigenvalue weighted by Gasteiger charge is 2.18. The van der Waals surface area contributed by atoms with E-state index in [1.165, 1.54) is 12.1 Å². The number of carboxylic acids is 1. The van der Waals surface area contributed by atoms with Crippen LogP contribution in [0, 0.1) is 13.8 Å². The molecule has 0 atom stereocenters. The molecule has 6 nitrogen and oxygen atoms in total. The van der Waals surface area contributed by atoms with E-state index in [-0.39, 0.29) is 23.7 Å². The van der Waals surface area contributed by atoms with Crippen LogP contribution in [0.3, 0.4) is 0 Å². The Labute approximate surface area is 109 Å². The monoisotopic (exact) mass is 262 g/mol. The Hall–Kier alpha value is -2.37.